The molecule has 0 saturated carbocycles. The molecule has 1 aromatic rings. The number of carbonyl (C=O) groups excluding carboxylic acids is 1. The third-order valence-electron chi connectivity index (χ3n) is 3.52. The molecule has 0 aromatic heterocycles. The molecular weight excluding hydrogens is 302 g/mol. The number of nitro groups is 1. The monoisotopic (exact) mass is 325 g/mol. The van der Waals surface area contributed by atoms with E-state index in [-0.39, 0.29) is 11.6 Å². The van der Waals surface area contributed by atoms with Crippen molar-refractivity contribution in [2.75, 3.05) is 30.9 Å². The first kappa shape index (κ1) is 18.4. The molecule has 0 saturated heterocycles. The fourth-order valence-corrected chi connectivity index (χ4v) is 2.50. The molecule has 1 N–H and O–H groups in total. The van der Waals surface area contributed by atoms with Gasteiger partial charge in [0.15, 0.2) is 0 Å². The minimum atomic E-state index is -0.475. The fraction of sp³-hybridized carbons (Fsp3) is 0.533. The molecule has 1 aromatic carbocycles. The molecule has 1 amide bonds. The normalized spacial score (nSPS) is 12.2. The maximum absolute atomic E-state index is 11.9. The molecule has 1 atom stereocenters. The van der Waals surface area contributed by atoms with Gasteiger partial charge in [0.25, 0.3) is 5.69 Å². The van der Waals surface area contributed by atoms with E-state index in [1.807, 2.05) is 18.8 Å². The van der Waals surface area contributed by atoms with E-state index in [0.717, 1.165) is 12.2 Å². The molecule has 0 heterocycles. The van der Waals surface area contributed by atoms with Gasteiger partial charge in [-0.2, -0.15) is 11.8 Å². The van der Waals surface area contributed by atoms with E-state index in [0.29, 0.717) is 24.7 Å². The van der Waals surface area contributed by atoms with Crippen molar-refractivity contribution in [3.63, 3.8) is 0 Å². The number of non-ortho nitro benzene ring substituents is 1. The van der Waals surface area contributed by atoms with Crippen LogP contribution in [0, 0.1) is 10.1 Å². The van der Waals surface area contributed by atoms with Crippen molar-refractivity contribution in [2.45, 2.75) is 25.8 Å². The van der Waals surface area contributed by atoms with E-state index >= 15 is 0 Å². The Kier molecular flexibility index (Phi) is 7.90. The predicted octanol–water partition coefficient (Wildman–Crippen LogP) is 3.00. The van der Waals surface area contributed by atoms with E-state index in [1.165, 1.54) is 12.1 Å². The average Bonchev–Trinajstić information content (AvgIpc) is 2.50. The van der Waals surface area contributed by atoms with Crippen LogP contribution in [0.25, 0.3) is 0 Å². The lowest BCUT2D eigenvalue weighted by Crippen LogP contribution is -2.32. The minimum absolute atomic E-state index is 0.0272. The zero-order valence-electron chi connectivity index (χ0n) is 13.2. The molecule has 0 radical (unpaired) electrons. The first-order chi connectivity index (χ1) is 10.4. The van der Waals surface area contributed by atoms with E-state index in [1.54, 1.807) is 12.1 Å². The molecule has 0 bridgehead atoms. The van der Waals surface area contributed by atoms with Crippen LogP contribution in [0.5, 0.6) is 0 Å². The number of carbonyl (C=O) groups is 1. The van der Waals surface area contributed by atoms with E-state index in [2.05, 4.69) is 23.4 Å². The van der Waals surface area contributed by atoms with Gasteiger partial charge >= 0.3 is 0 Å². The van der Waals surface area contributed by atoms with Crippen LogP contribution in [0.4, 0.5) is 11.4 Å². The zero-order chi connectivity index (χ0) is 16.5. The number of hydrogen-bond donors (Lipinski definition) is 1. The van der Waals surface area contributed by atoms with Gasteiger partial charge in [0.1, 0.15) is 0 Å². The molecule has 7 heteroatoms. The van der Waals surface area contributed by atoms with Gasteiger partial charge < -0.3 is 10.2 Å². The Hall–Kier alpha value is -1.60. The number of nitrogens with one attached hydrogen (secondary N) is 1. The van der Waals surface area contributed by atoms with Crippen molar-refractivity contribution in [1.29, 1.82) is 0 Å². The summed E-state index contributed by atoms with van der Waals surface area (Å²) in [5.41, 5.74) is 0.429. The third-order valence-corrected chi connectivity index (χ3v) is 4.17. The highest BCUT2D eigenvalue weighted by Gasteiger charge is 2.12. The number of nitro benzene ring substituents is 1. The lowest BCUT2D eigenvalue weighted by atomic mass is 10.2. The van der Waals surface area contributed by atoms with Crippen molar-refractivity contribution in [3.8, 4) is 0 Å². The van der Waals surface area contributed by atoms with Gasteiger partial charge in [-0.05, 0) is 38.5 Å². The summed E-state index contributed by atoms with van der Waals surface area (Å²) >= 11 is 1.82. The number of hydrogen-bond acceptors (Lipinski definition) is 5. The van der Waals surface area contributed by atoms with Crippen LogP contribution in [0.3, 0.4) is 0 Å². The van der Waals surface area contributed by atoms with Gasteiger partial charge in [0.2, 0.25) is 5.91 Å². The summed E-state index contributed by atoms with van der Waals surface area (Å²) in [6, 6.07) is 6.40. The van der Waals surface area contributed by atoms with Gasteiger partial charge in [-0.1, -0.05) is 6.07 Å². The lowest BCUT2D eigenvalue weighted by molar-refractivity contribution is -0.384. The Morgan fingerprint density at radius 3 is 2.86 bits per heavy atom. The molecular formula is C15H23N3O3S. The minimum Gasteiger partial charge on any atom is -0.326 e. The summed E-state index contributed by atoms with van der Waals surface area (Å²) in [4.78, 5) is 24.3. The summed E-state index contributed by atoms with van der Waals surface area (Å²) in [7, 11) is 2.01. The van der Waals surface area contributed by atoms with Gasteiger partial charge in [-0.25, -0.2) is 0 Å². The second kappa shape index (κ2) is 9.42. The van der Waals surface area contributed by atoms with E-state index in [9.17, 15) is 14.9 Å². The maximum Gasteiger partial charge on any atom is 0.271 e. The zero-order valence-corrected chi connectivity index (χ0v) is 14.1. The van der Waals surface area contributed by atoms with Crippen LogP contribution in [0.1, 0.15) is 19.8 Å². The summed E-state index contributed by atoms with van der Waals surface area (Å²) < 4.78 is 0. The number of anilines is 1. The number of thioether (sulfide) groups is 1. The fourth-order valence-electron chi connectivity index (χ4n) is 1.93. The van der Waals surface area contributed by atoms with Crippen LogP contribution in [0.2, 0.25) is 0 Å². The molecule has 22 heavy (non-hydrogen) atoms. The molecule has 1 rings (SSSR count). The van der Waals surface area contributed by atoms with Gasteiger partial charge in [-0.3, -0.25) is 14.9 Å². The highest BCUT2D eigenvalue weighted by atomic mass is 32.2. The largest absolute Gasteiger partial charge is 0.326 e. The predicted molar refractivity (Wildman–Crippen MR) is 91.4 cm³/mol. The number of amides is 1. The molecule has 0 fully saturated rings. The van der Waals surface area contributed by atoms with Crippen molar-refractivity contribution in [3.05, 3.63) is 34.4 Å². The average molecular weight is 325 g/mol. The highest BCUT2D eigenvalue weighted by molar-refractivity contribution is 7.98. The topological polar surface area (TPSA) is 75.5 Å². The molecule has 0 aliphatic carbocycles. The van der Waals surface area contributed by atoms with Crippen molar-refractivity contribution in [2.24, 2.45) is 0 Å². The van der Waals surface area contributed by atoms with Crippen LogP contribution in [-0.2, 0) is 4.79 Å². The Bertz CT molecular complexity index is 511. The third kappa shape index (κ3) is 6.44. The Labute approximate surface area is 135 Å². The lowest BCUT2D eigenvalue weighted by Gasteiger charge is -2.24. The Morgan fingerprint density at radius 1 is 1.50 bits per heavy atom. The van der Waals surface area contributed by atoms with Crippen LogP contribution < -0.4 is 5.32 Å². The smallest absolute Gasteiger partial charge is 0.271 e. The number of rotatable bonds is 9. The second-order valence-electron chi connectivity index (χ2n) is 5.22. The summed E-state index contributed by atoms with van der Waals surface area (Å²) in [6.07, 6.45) is 3.53. The quantitative estimate of drug-likeness (QED) is 0.558. The number of benzene rings is 1. The number of nitrogens with zero attached hydrogens (tertiary/aromatic N) is 2. The van der Waals surface area contributed by atoms with Crippen LogP contribution >= 0.6 is 11.8 Å². The van der Waals surface area contributed by atoms with Crippen LogP contribution in [0.15, 0.2) is 24.3 Å². The maximum atomic E-state index is 11.9. The molecule has 122 valence electrons. The van der Waals surface area contributed by atoms with Crippen molar-refractivity contribution in [1.82, 2.24) is 4.90 Å². The molecule has 0 spiro atoms. The van der Waals surface area contributed by atoms with E-state index < -0.39 is 4.92 Å². The Balaban J connectivity index is 2.43. The van der Waals surface area contributed by atoms with Gasteiger partial charge in [-0.15, -0.1) is 0 Å². The van der Waals surface area contributed by atoms with Crippen LogP contribution in [-0.4, -0.2) is 47.4 Å². The standard InChI is InChI=1S/C15H23N3O3S/c1-12(8-10-22-3)17(2)9-7-15(19)16-13-5-4-6-14(11-13)18(20)21/h4-6,11-12H,7-10H2,1-3H3,(H,16,19)/t12-/m1/s1. The first-order valence-corrected chi connectivity index (χ1v) is 8.57. The highest BCUT2D eigenvalue weighted by Crippen LogP contribution is 2.17. The van der Waals surface area contributed by atoms with Gasteiger partial charge in [0, 0.05) is 36.8 Å². The van der Waals surface area contributed by atoms with Crippen molar-refractivity contribution < 1.29 is 9.72 Å². The molecule has 0 aliphatic rings. The summed E-state index contributed by atoms with van der Waals surface area (Å²) in [5, 5.41) is 13.4. The van der Waals surface area contributed by atoms with Crippen molar-refractivity contribution >= 4 is 29.0 Å². The molecule has 6 nitrogen and oxygen atoms in total. The SMILES string of the molecule is CSCC[C@@H](C)N(C)CCC(=O)Nc1cccc([N+](=O)[O-])c1. The summed E-state index contributed by atoms with van der Waals surface area (Å²) in [5.74, 6) is 0.968. The summed E-state index contributed by atoms with van der Waals surface area (Å²) in [6.45, 7) is 2.81. The second-order valence-corrected chi connectivity index (χ2v) is 6.20. The first-order valence-electron chi connectivity index (χ1n) is 7.17. The van der Waals surface area contributed by atoms with Gasteiger partial charge in [0.05, 0.1) is 4.92 Å². The molecule has 0 aliphatic heterocycles. The molecule has 0 unspecified atom stereocenters. The Morgan fingerprint density at radius 2 is 2.23 bits per heavy atom. The van der Waals surface area contributed by atoms with E-state index in [4.69, 9.17) is 0 Å².